The number of carbonyl (C=O) groups excluding carboxylic acids is 1. The minimum absolute atomic E-state index is 0.0362. The predicted molar refractivity (Wildman–Crippen MR) is 76.3 cm³/mol. The maximum atomic E-state index is 11.7. The second kappa shape index (κ2) is 7.58. The summed E-state index contributed by atoms with van der Waals surface area (Å²) in [7, 11) is 0. The van der Waals surface area contributed by atoms with Gasteiger partial charge in [-0.1, -0.05) is 0 Å². The van der Waals surface area contributed by atoms with Crippen molar-refractivity contribution in [2.45, 2.75) is 44.6 Å². The fourth-order valence-electron chi connectivity index (χ4n) is 2.03. The molecular weight excluding hydrogens is 278 g/mol. The maximum Gasteiger partial charge on any atom is 0.230 e. The van der Waals surface area contributed by atoms with Crippen molar-refractivity contribution in [2.75, 3.05) is 18.9 Å². The van der Waals surface area contributed by atoms with Crippen molar-refractivity contribution in [3.8, 4) is 0 Å². The number of nitrogens with zero attached hydrogens (tertiary/aromatic N) is 4. The van der Waals surface area contributed by atoms with E-state index < -0.39 is 0 Å². The van der Waals surface area contributed by atoms with E-state index in [1.165, 1.54) is 11.8 Å². The number of nitrogens with one attached hydrogen (secondary N) is 1. The molecule has 1 atom stereocenters. The smallest absolute Gasteiger partial charge is 0.230 e. The average Bonchev–Trinajstić information content (AvgIpc) is 3.07. The Balaban J connectivity index is 1.64. The zero-order valence-corrected chi connectivity index (χ0v) is 12.7. The van der Waals surface area contributed by atoms with Gasteiger partial charge >= 0.3 is 0 Å². The molecule has 2 heterocycles. The van der Waals surface area contributed by atoms with E-state index in [0.717, 1.165) is 25.3 Å². The van der Waals surface area contributed by atoms with E-state index in [2.05, 4.69) is 20.8 Å². The van der Waals surface area contributed by atoms with Gasteiger partial charge in [-0.3, -0.25) is 4.79 Å². The molecule has 0 spiro atoms. The quantitative estimate of drug-likeness (QED) is 0.801. The number of hydrogen-bond donors (Lipinski definition) is 1. The maximum absolute atomic E-state index is 11.7. The molecule has 7 nitrogen and oxygen atoms in total. The molecule has 1 N–H and O–H groups in total. The van der Waals surface area contributed by atoms with E-state index >= 15 is 0 Å². The van der Waals surface area contributed by atoms with Gasteiger partial charge in [0, 0.05) is 13.2 Å². The lowest BCUT2D eigenvalue weighted by molar-refractivity contribution is -0.119. The van der Waals surface area contributed by atoms with E-state index in [1.807, 2.05) is 13.8 Å². The number of amides is 1. The molecular formula is C12H21N5O2S. The van der Waals surface area contributed by atoms with E-state index in [-0.39, 0.29) is 18.1 Å². The lowest BCUT2D eigenvalue weighted by Crippen LogP contribution is -2.32. The minimum atomic E-state index is 0.0362. The number of tetrazole rings is 1. The van der Waals surface area contributed by atoms with Gasteiger partial charge in [-0.05, 0) is 37.1 Å². The van der Waals surface area contributed by atoms with Crippen LogP contribution in [0.2, 0.25) is 0 Å². The standard InChI is InChI=1S/C12H21N5O2S/c1-9(2)17-11(14-15-16-17)7-20-8-12(18)13-6-10-4-3-5-19-10/h9-10H,3-8H2,1-2H3,(H,13,18). The van der Waals surface area contributed by atoms with Gasteiger partial charge in [-0.2, -0.15) is 0 Å². The Hall–Kier alpha value is -1.15. The lowest BCUT2D eigenvalue weighted by Gasteiger charge is -2.10. The molecule has 0 aromatic carbocycles. The fraction of sp³-hybridized carbons (Fsp3) is 0.833. The van der Waals surface area contributed by atoms with Crippen LogP contribution in [0.1, 0.15) is 38.6 Å². The van der Waals surface area contributed by atoms with Crippen LogP contribution in [0.5, 0.6) is 0 Å². The van der Waals surface area contributed by atoms with Crippen LogP contribution in [0.3, 0.4) is 0 Å². The SMILES string of the molecule is CC(C)n1nnnc1CSCC(=O)NCC1CCCO1. The second-order valence-electron chi connectivity index (χ2n) is 5.07. The van der Waals surface area contributed by atoms with Crippen LogP contribution < -0.4 is 5.32 Å². The van der Waals surface area contributed by atoms with Crippen LogP contribution >= 0.6 is 11.8 Å². The Morgan fingerprint density at radius 3 is 3.15 bits per heavy atom. The van der Waals surface area contributed by atoms with Gasteiger partial charge in [0.2, 0.25) is 5.91 Å². The molecule has 0 saturated carbocycles. The zero-order valence-electron chi connectivity index (χ0n) is 11.9. The molecule has 1 aromatic rings. The number of hydrogen-bond acceptors (Lipinski definition) is 6. The molecule has 1 saturated heterocycles. The number of ether oxygens (including phenoxy) is 1. The van der Waals surface area contributed by atoms with Gasteiger partial charge in [0.15, 0.2) is 5.82 Å². The highest BCUT2D eigenvalue weighted by molar-refractivity contribution is 7.99. The largest absolute Gasteiger partial charge is 0.376 e. The molecule has 1 unspecified atom stereocenters. The Morgan fingerprint density at radius 2 is 2.45 bits per heavy atom. The first-order valence-electron chi connectivity index (χ1n) is 6.89. The number of carbonyl (C=O) groups is 1. The summed E-state index contributed by atoms with van der Waals surface area (Å²) in [5.74, 6) is 1.89. The summed E-state index contributed by atoms with van der Waals surface area (Å²) in [4.78, 5) is 11.7. The van der Waals surface area contributed by atoms with Crippen molar-refractivity contribution >= 4 is 17.7 Å². The first-order valence-corrected chi connectivity index (χ1v) is 8.05. The van der Waals surface area contributed by atoms with Gasteiger partial charge in [0.1, 0.15) is 0 Å². The Kier molecular flexibility index (Phi) is 5.78. The molecule has 2 rings (SSSR count). The second-order valence-corrected chi connectivity index (χ2v) is 6.05. The van der Waals surface area contributed by atoms with Crippen LogP contribution in [0.25, 0.3) is 0 Å². The van der Waals surface area contributed by atoms with Crippen molar-refractivity contribution in [1.29, 1.82) is 0 Å². The number of aromatic nitrogens is 4. The summed E-state index contributed by atoms with van der Waals surface area (Å²) >= 11 is 1.52. The van der Waals surface area contributed by atoms with E-state index in [0.29, 0.717) is 18.1 Å². The van der Waals surface area contributed by atoms with Gasteiger partial charge in [0.05, 0.1) is 23.7 Å². The molecule has 20 heavy (non-hydrogen) atoms. The molecule has 1 aromatic heterocycles. The van der Waals surface area contributed by atoms with Gasteiger partial charge in [-0.25, -0.2) is 4.68 Å². The van der Waals surface area contributed by atoms with Crippen LogP contribution in [0.4, 0.5) is 0 Å². The highest BCUT2D eigenvalue weighted by Gasteiger charge is 2.16. The summed E-state index contributed by atoms with van der Waals surface area (Å²) in [5, 5.41) is 14.5. The topological polar surface area (TPSA) is 81.9 Å². The van der Waals surface area contributed by atoms with Gasteiger partial charge in [-0.15, -0.1) is 16.9 Å². The molecule has 1 amide bonds. The highest BCUT2D eigenvalue weighted by Crippen LogP contribution is 2.13. The van der Waals surface area contributed by atoms with E-state index in [9.17, 15) is 4.79 Å². The van der Waals surface area contributed by atoms with Gasteiger partial charge < -0.3 is 10.1 Å². The summed E-state index contributed by atoms with van der Waals surface area (Å²) < 4.78 is 7.23. The monoisotopic (exact) mass is 299 g/mol. The Labute approximate surface area is 122 Å². The van der Waals surface area contributed by atoms with Crippen molar-refractivity contribution in [3.63, 3.8) is 0 Å². The molecule has 1 aliphatic rings. The first kappa shape index (κ1) is 15.2. The predicted octanol–water partition coefficient (Wildman–Crippen LogP) is 0.782. The van der Waals surface area contributed by atoms with E-state index in [1.54, 1.807) is 4.68 Å². The van der Waals surface area contributed by atoms with Crippen LogP contribution in [-0.2, 0) is 15.3 Å². The normalized spacial score (nSPS) is 18.6. The summed E-state index contributed by atoms with van der Waals surface area (Å²) in [6.45, 7) is 5.48. The molecule has 0 aliphatic carbocycles. The molecule has 8 heteroatoms. The molecule has 112 valence electrons. The van der Waals surface area contributed by atoms with Crippen LogP contribution in [0, 0.1) is 0 Å². The van der Waals surface area contributed by atoms with Crippen molar-refractivity contribution in [2.24, 2.45) is 0 Å². The zero-order chi connectivity index (χ0) is 14.4. The summed E-state index contributed by atoms with van der Waals surface area (Å²) in [6.07, 6.45) is 2.32. The van der Waals surface area contributed by atoms with Crippen molar-refractivity contribution in [1.82, 2.24) is 25.5 Å². The summed E-state index contributed by atoms with van der Waals surface area (Å²) in [6, 6.07) is 0.231. The third-order valence-electron chi connectivity index (χ3n) is 3.07. The number of rotatable bonds is 7. The third-order valence-corrected chi connectivity index (χ3v) is 3.99. The van der Waals surface area contributed by atoms with Crippen LogP contribution in [0.15, 0.2) is 0 Å². The van der Waals surface area contributed by atoms with Crippen molar-refractivity contribution in [3.05, 3.63) is 5.82 Å². The number of thioether (sulfide) groups is 1. The highest BCUT2D eigenvalue weighted by atomic mass is 32.2. The Bertz CT molecular complexity index is 431. The molecule has 0 bridgehead atoms. The van der Waals surface area contributed by atoms with E-state index in [4.69, 9.17) is 4.74 Å². The minimum Gasteiger partial charge on any atom is -0.376 e. The fourth-order valence-corrected chi connectivity index (χ4v) is 2.79. The molecule has 1 fully saturated rings. The van der Waals surface area contributed by atoms with Crippen molar-refractivity contribution < 1.29 is 9.53 Å². The molecule has 1 aliphatic heterocycles. The third kappa shape index (κ3) is 4.45. The first-order chi connectivity index (χ1) is 9.66. The van der Waals surface area contributed by atoms with Crippen LogP contribution in [-0.4, -0.2) is 51.1 Å². The average molecular weight is 299 g/mol. The lowest BCUT2D eigenvalue weighted by atomic mass is 10.2. The van der Waals surface area contributed by atoms with Gasteiger partial charge in [0.25, 0.3) is 0 Å². The Morgan fingerprint density at radius 1 is 1.60 bits per heavy atom. The summed E-state index contributed by atoms with van der Waals surface area (Å²) in [5.41, 5.74) is 0. The molecule has 0 radical (unpaired) electrons.